The molecule has 0 heterocycles. The SMILES string of the molecule is CS(=O)(=O)Oc1ccc(C(=O)O)cc1OCC1CC1. The van der Waals surface area contributed by atoms with Crippen LogP contribution in [0.1, 0.15) is 23.2 Å². The normalized spacial score (nSPS) is 15.0. The van der Waals surface area contributed by atoms with Crippen LogP contribution in [0, 0.1) is 5.92 Å². The molecule has 0 atom stereocenters. The second-order valence-corrected chi connectivity index (χ2v) is 6.08. The number of aromatic carboxylic acids is 1. The summed E-state index contributed by atoms with van der Waals surface area (Å²) in [5.74, 6) is -0.507. The molecule has 19 heavy (non-hydrogen) atoms. The number of carbonyl (C=O) groups is 1. The molecule has 2 rings (SSSR count). The van der Waals surface area contributed by atoms with Crippen LogP contribution in [-0.2, 0) is 10.1 Å². The molecule has 0 radical (unpaired) electrons. The van der Waals surface area contributed by atoms with E-state index >= 15 is 0 Å². The zero-order chi connectivity index (χ0) is 14.0. The van der Waals surface area contributed by atoms with Gasteiger partial charge in [-0.15, -0.1) is 0 Å². The largest absolute Gasteiger partial charge is 0.489 e. The Hall–Kier alpha value is -1.76. The first-order valence-electron chi connectivity index (χ1n) is 5.75. The van der Waals surface area contributed by atoms with Crippen molar-refractivity contribution < 1.29 is 27.2 Å². The van der Waals surface area contributed by atoms with Gasteiger partial charge < -0.3 is 14.0 Å². The Morgan fingerprint density at radius 3 is 2.58 bits per heavy atom. The number of carboxylic acids is 1. The summed E-state index contributed by atoms with van der Waals surface area (Å²) in [4.78, 5) is 10.9. The molecule has 0 bridgehead atoms. The lowest BCUT2D eigenvalue weighted by atomic mass is 10.2. The summed E-state index contributed by atoms with van der Waals surface area (Å²) < 4.78 is 32.5. The number of benzene rings is 1. The maximum Gasteiger partial charge on any atom is 0.335 e. The minimum atomic E-state index is -3.68. The molecule has 104 valence electrons. The Bertz CT molecular complexity index is 588. The monoisotopic (exact) mass is 286 g/mol. The van der Waals surface area contributed by atoms with Crippen molar-refractivity contribution in [2.75, 3.05) is 12.9 Å². The van der Waals surface area contributed by atoms with Gasteiger partial charge in [0.15, 0.2) is 11.5 Å². The van der Waals surface area contributed by atoms with Crippen LogP contribution in [0.25, 0.3) is 0 Å². The Kier molecular flexibility index (Phi) is 3.66. The van der Waals surface area contributed by atoms with Crippen molar-refractivity contribution in [3.63, 3.8) is 0 Å². The topological polar surface area (TPSA) is 89.9 Å². The number of ether oxygens (including phenoxy) is 1. The van der Waals surface area contributed by atoms with Crippen molar-refractivity contribution in [1.82, 2.24) is 0 Å². The Morgan fingerprint density at radius 1 is 1.37 bits per heavy atom. The molecule has 0 amide bonds. The molecule has 0 unspecified atom stereocenters. The van der Waals surface area contributed by atoms with Gasteiger partial charge in [0.2, 0.25) is 0 Å². The molecule has 1 aliphatic rings. The van der Waals surface area contributed by atoms with Gasteiger partial charge in [-0.1, -0.05) is 0 Å². The van der Waals surface area contributed by atoms with Crippen LogP contribution in [-0.4, -0.2) is 32.4 Å². The first-order valence-corrected chi connectivity index (χ1v) is 7.56. The highest BCUT2D eigenvalue weighted by molar-refractivity contribution is 7.86. The molecule has 6 nitrogen and oxygen atoms in total. The molecule has 1 aromatic carbocycles. The van der Waals surface area contributed by atoms with E-state index in [-0.39, 0.29) is 17.1 Å². The number of hydrogen-bond donors (Lipinski definition) is 1. The summed E-state index contributed by atoms with van der Waals surface area (Å²) in [5, 5.41) is 8.91. The van der Waals surface area contributed by atoms with Crippen molar-refractivity contribution in [2.24, 2.45) is 5.92 Å². The average molecular weight is 286 g/mol. The Morgan fingerprint density at radius 2 is 2.05 bits per heavy atom. The Balaban J connectivity index is 2.25. The summed E-state index contributed by atoms with van der Waals surface area (Å²) in [6, 6.07) is 3.82. The van der Waals surface area contributed by atoms with E-state index in [1.54, 1.807) is 0 Å². The fourth-order valence-corrected chi connectivity index (χ4v) is 1.94. The molecule has 1 N–H and O–H groups in total. The lowest BCUT2D eigenvalue weighted by molar-refractivity contribution is 0.0696. The molecule has 1 saturated carbocycles. The zero-order valence-electron chi connectivity index (χ0n) is 10.3. The summed E-state index contributed by atoms with van der Waals surface area (Å²) in [5.41, 5.74) is 0.0200. The van der Waals surface area contributed by atoms with Gasteiger partial charge >= 0.3 is 16.1 Å². The van der Waals surface area contributed by atoms with Crippen molar-refractivity contribution in [3.8, 4) is 11.5 Å². The van der Waals surface area contributed by atoms with Gasteiger partial charge in [0.25, 0.3) is 0 Å². The summed E-state index contributed by atoms with van der Waals surface area (Å²) in [7, 11) is -3.68. The molecule has 0 aliphatic heterocycles. The van der Waals surface area contributed by atoms with Gasteiger partial charge in [0, 0.05) is 0 Å². The standard InChI is InChI=1S/C12H14O6S/c1-19(15,16)18-10-5-4-9(12(13)14)6-11(10)17-7-8-2-3-8/h4-6,8H,2-3,7H2,1H3,(H,13,14). The maximum atomic E-state index is 11.1. The predicted octanol–water partition coefficient (Wildman–Crippen LogP) is 1.51. The third-order valence-electron chi connectivity index (χ3n) is 2.60. The van der Waals surface area contributed by atoms with E-state index in [0.717, 1.165) is 19.1 Å². The maximum absolute atomic E-state index is 11.1. The van der Waals surface area contributed by atoms with E-state index in [0.29, 0.717) is 12.5 Å². The summed E-state index contributed by atoms with van der Waals surface area (Å²) >= 11 is 0. The molecule has 1 aliphatic carbocycles. The van der Waals surface area contributed by atoms with Gasteiger partial charge in [0.1, 0.15) is 0 Å². The lowest BCUT2D eigenvalue weighted by Gasteiger charge is -2.11. The highest BCUT2D eigenvalue weighted by atomic mass is 32.2. The highest BCUT2D eigenvalue weighted by Crippen LogP contribution is 2.34. The molecular weight excluding hydrogens is 272 g/mol. The molecule has 0 saturated heterocycles. The van der Waals surface area contributed by atoms with Crippen molar-refractivity contribution in [2.45, 2.75) is 12.8 Å². The minimum Gasteiger partial charge on any atom is -0.489 e. The summed E-state index contributed by atoms with van der Waals surface area (Å²) in [6.45, 7) is 0.434. The van der Waals surface area contributed by atoms with Gasteiger partial charge in [-0.2, -0.15) is 8.42 Å². The van der Waals surface area contributed by atoms with Gasteiger partial charge in [0.05, 0.1) is 18.4 Å². The minimum absolute atomic E-state index is 0.00755. The highest BCUT2D eigenvalue weighted by Gasteiger charge is 2.23. The van der Waals surface area contributed by atoms with Gasteiger partial charge in [-0.3, -0.25) is 0 Å². The van der Waals surface area contributed by atoms with Crippen LogP contribution in [0.2, 0.25) is 0 Å². The van der Waals surface area contributed by atoms with E-state index in [9.17, 15) is 13.2 Å². The molecule has 1 aromatic rings. The smallest absolute Gasteiger partial charge is 0.335 e. The lowest BCUT2D eigenvalue weighted by Crippen LogP contribution is -2.09. The Labute approximate surface area is 111 Å². The first kappa shape index (κ1) is 13.7. The third-order valence-corrected chi connectivity index (χ3v) is 3.09. The van der Waals surface area contributed by atoms with E-state index < -0.39 is 16.1 Å². The van der Waals surface area contributed by atoms with Crippen LogP contribution in [0.3, 0.4) is 0 Å². The van der Waals surface area contributed by atoms with Crippen molar-refractivity contribution in [3.05, 3.63) is 23.8 Å². The van der Waals surface area contributed by atoms with E-state index in [2.05, 4.69) is 0 Å². The van der Waals surface area contributed by atoms with Gasteiger partial charge in [-0.25, -0.2) is 4.79 Å². The zero-order valence-corrected chi connectivity index (χ0v) is 11.1. The van der Waals surface area contributed by atoms with Crippen molar-refractivity contribution >= 4 is 16.1 Å². The second-order valence-electron chi connectivity index (χ2n) is 4.51. The molecule has 0 aromatic heterocycles. The van der Waals surface area contributed by atoms with E-state index in [4.69, 9.17) is 14.0 Å². The molecular formula is C12H14O6S. The van der Waals surface area contributed by atoms with Crippen LogP contribution in [0.15, 0.2) is 18.2 Å². The van der Waals surface area contributed by atoms with E-state index in [1.807, 2.05) is 0 Å². The second kappa shape index (κ2) is 5.08. The number of rotatable bonds is 6. The van der Waals surface area contributed by atoms with Crippen LogP contribution >= 0.6 is 0 Å². The predicted molar refractivity (Wildman–Crippen MR) is 67.1 cm³/mol. The average Bonchev–Trinajstić information content (AvgIpc) is 3.09. The summed E-state index contributed by atoms with van der Waals surface area (Å²) in [6.07, 6.45) is 3.06. The van der Waals surface area contributed by atoms with E-state index in [1.165, 1.54) is 18.2 Å². The van der Waals surface area contributed by atoms with Crippen molar-refractivity contribution in [1.29, 1.82) is 0 Å². The fraction of sp³-hybridized carbons (Fsp3) is 0.417. The number of carboxylic acid groups (broad SMARTS) is 1. The van der Waals surface area contributed by atoms with Crippen LogP contribution in [0.4, 0.5) is 0 Å². The van der Waals surface area contributed by atoms with Crippen LogP contribution in [0.5, 0.6) is 11.5 Å². The third kappa shape index (κ3) is 4.13. The first-order chi connectivity index (χ1) is 8.85. The van der Waals surface area contributed by atoms with Crippen LogP contribution < -0.4 is 8.92 Å². The fourth-order valence-electron chi connectivity index (χ4n) is 1.48. The quantitative estimate of drug-likeness (QED) is 0.797. The number of hydrogen-bond acceptors (Lipinski definition) is 5. The molecule has 1 fully saturated rings. The van der Waals surface area contributed by atoms with Gasteiger partial charge in [-0.05, 0) is 37.0 Å². The molecule has 7 heteroatoms. The molecule has 0 spiro atoms.